The Labute approximate surface area is 164 Å². The van der Waals surface area contributed by atoms with Gasteiger partial charge >= 0.3 is 0 Å². The van der Waals surface area contributed by atoms with E-state index in [1.165, 1.54) is 19.3 Å². The Morgan fingerprint density at radius 1 is 0.440 bits per heavy atom. The van der Waals surface area contributed by atoms with E-state index in [-0.39, 0.29) is 0 Å². The molecular formula is C24H39Br. The zero-order valence-corrected chi connectivity index (χ0v) is 17.8. The van der Waals surface area contributed by atoms with E-state index in [2.05, 4.69) is 15.9 Å². The summed E-state index contributed by atoms with van der Waals surface area (Å²) in [6.07, 6.45) is 23.4. The monoisotopic (exact) mass is 406 g/mol. The largest absolute Gasteiger partial charge is 0.0891 e. The summed E-state index contributed by atoms with van der Waals surface area (Å²) in [7, 11) is 0. The molecule has 5 fully saturated rings. The van der Waals surface area contributed by atoms with E-state index in [0.717, 1.165) is 52.2 Å². The van der Waals surface area contributed by atoms with Crippen LogP contribution >= 0.6 is 15.9 Å². The summed E-state index contributed by atoms with van der Waals surface area (Å²) < 4.78 is 0. The molecule has 0 saturated heterocycles. The normalized spacial score (nSPS) is 53.4. The lowest BCUT2D eigenvalue weighted by molar-refractivity contribution is -0.0912. The van der Waals surface area contributed by atoms with Gasteiger partial charge in [-0.15, -0.1) is 0 Å². The van der Waals surface area contributed by atoms with Crippen LogP contribution in [-0.4, -0.2) is 4.83 Å². The van der Waals surface area contributed by atoms with Crippen molar-refractivity contribution < 1.29 is 0 Å². The van der Waals surface area contributed by atoms with E-state index in [1.807, 2.05) is 0 Å². The molecule has 0 aromatic heterocycles. The Morgan fingerprint density at radius 3 is 1.96 bits per heavy atom. The smallest absolute Gasteiger partial charge is 0.0148 e. The van der Waals surface area contributed by atoms with Crippen LogP contribution in [0.3, 0.4) is 0 Å². The van der Waals surface area contributed by atoms with E-state index < -0.39 is 0 Å². The van der Waals surface area contributed by atoms with Crippen molar-refractivity contribution in [1.82, 2.24) is 0 Å². The minimum absolute atomic E-state index is 0.833. The van der Waals surface area contributed by atoms with Crippen molar-refractivity contribution in [2.45, 2.75) is 101 Å². The van der Waals surface area contributed by atoms with Crippen molar-refractivity contribution in [3.8, 4) is 0 Å². The molecule has 1 heteroatoms. The van der Waals surface area contributed by atoms with Crippen LogP contribution in [0, 0.1) is 47.3 Å². The maximum absolute atomic E-state index is 4.00. The summed E-state index contributed by atoms with van der Waals surface area (Å²) in [5.74, 6) is 8.99. The van der Waals surface area contributed by atoms with Gasteiger partial charge < -0.3 is 0 Å². The van der Waals surface area contributed by atoms with Gasteiger partial charge in [0.25, 0.3) is 0 Å². The highest BCUT2D eigenvalue weighted by Crippen LogP contribution is 2.61. The van der Waals surface area contributed by atoms with Crippen LogP contribution in [0.1, 0.15) is 96.3 Å². The van der Waals surface area contributed by atoms with Gasteiger partial charge in [-0.3, -0.25) is 0 Å². The minimum Gasteiger partial charge on any atom is -0.0891 e. The van der Waals surface area contributed by atoms with Gasteiger partial charge in [0.15, 0.2) is 0 Å². The fourth-order valence-corrected chi connectivity index (χ4v) is 9.64. The lowest BCUT2D eigenvalue weighted by Crippen LogP contribution is -2.51. The Balaban J connectivity index is 1.40. The van der Waals surface area contributed by atoms with Crippen molar-refractivity contribution in [2.75, 3.05) is 0 Å². The average Bonchev–Trinajstić information content (AvgIpc) is 2.67. The summed E-state index contributed by atoms with van der Waals surface area (Å²) in [5, 5.41) is 0. The second-order valence-corrected chi connectivity index (χ2v) is 12.0. The zero-order valence-electron chi connectivity index (χ0n) is 16.2. The van der Waals surface area contributed by atoms with Crippen molar-refractivity contribution in [3.05, 3.63) is 0 Å². The van der Waals surface area contributed by atoms with E-state index in [4.69, 9.17) is 0 Å². The lowest BCUT2D eigenvalue weighted by Gasteiger charge is -2.58. The van der Waals surface area contributed by atoms with Gasteiger partial charge in [0.05, 0.1) is 0 Å². The fraction of sp³-hybridized carbons (Fsp3) is 1.00. The highest BCUT2D eigenvalue weighted by molar-refractivity contribution is 9.09. The molecule has 5 rings (SSSR count). The Kier molecular flexibility index (Phi) is 5.26. The third kappa shape index (κ3) is 3.27. The van der Waals surface area contributed by atoms with Crippen LogP contribution in [0.25, 0.3) is 0 Å². The number of alkyl halides is 1. The second kappa shape index (κ2) is 7.48. The predicted molar refractivity (Wildman–Crippen MR) is 110 cm³/mol. The molecule has 9 atom stereocenters. The minimum atomic E-state index is 0.833. The van der Waals surface area contributed by atoms with Crippen LogP contribution in [0.2, 0.25) is 0 Å². The van der Waals surface area contributed by atoms with E-state index in [1.54, 1.807) is 77.0 Å². The number of fused-ring (bicyclic) bond motifs is 5. The summed E-state index contributed by atoms with van der Waals surface area (Å²) in [5.41, 5.74) is 0. The SMILES string of the molecule is BrC1CCCC(C2CC3CCC4CCCCC4C3C3CCCCC23)C1. The highest BCUT2D eigenvalue weighted by Gasteiger charge is 2.52. The lowest BCUT2D eigenvalue weighted by atomic mass is 9.47. The molecule has 142 valence electrons. The fourth-order valence-electron chi connectivity index (χ4n) is 8.83. The summed E-state index contributed by atoms with van der Waals surface area (Å²) in [6.45, 7) is 0. The molecule has 0 aliphatic heterocycles. The molecule has 0 nitrogen and oxygen atoms in total. The molecule has 0 heterocycles. The van der Waals surface area contributed by atoms with Gasteiger partial charge in [0, 0.05) is 4.83 Å². The van der Waals surface area contributed by atoms with Crippen LogP contribution in [0.4, 0.5) is 0 Å². The molecule has 0 spiro atoms. The highest BCUT2D eigenvalue weighted by atomic mass is 79.9. The second-order valence-electron chi connectivity index (χ2n) is 10.7. The molecule has 5 aliphatic rings. The predicted octanol–water partition coefficient (Wildman–Crippen LogP) is 7.60. The van der Waals surface area contributed by atoms with Crippen LogP contribution in [0.5, 0.6) is 0 Å². The molecule has 9 unspecified atom stereocenters. The molecule has 5 saturated carbocycles. The average molecular weight is 407 g/mol. The van der Waals surface area contributed by atoms with Crippen LogP contribution in [-0.2, 0) is 0 Å². The molecule has 0 aromatic carbocycles. The first kappa shape index (κ1) is 17.6. The Bertz CT molecular complexity index is 459. The summed E-state index contributed by atoms with van der Waals surface area (Å²) in [4.78, 5) is 0.833. The van der Waals surface area contributed by atoms with Crippen molar-refractivity contribution in [3.63, 3.8) is 0 Å². The Hall–Kier alpha value is 0.480. The first-order chi connectivity index (χ1) is 12.3. The molecule has 0 aromatic rings. The molecule has 0 bridgehead atoms. The van der Waals surface area contributed by atoms with Gasteiger partial charge in [-0.1, -0.05) is 60.9 Å². The van der Waals surface area contributed by atoms with Crippen LogP contribution < -0.4 is 0 Å². The van der Waals surface area contributed by atoms with Crippen molar-refractivity contribution >= 4 is 15.9 Å². The maximum atomic E-state index is 4.00. The molecule has 25 heavy (non-hydrogen) atoms. The molecule has 0 radical (unpaired) electrons. The first-order valence-corrected chi connectivity index (χ1v) is 12.9. The quantitative estimate of drug-likeness (QED) is 0.393. The molecule has 0 N–H and O–H groups in total. The van der Waals surface area contributed by atoms with Gasteiger partial charge in [0.1, 0.15) is 0 Å². The van der Waals surface area contributed by atoms with Gasteiger partial charge in [0.2, 0.25) is 0 Å². The molecular weight excluding hydrogens is 368 g/mol. The summed E-state index contributed by atoms with van der Waals surface area (Å²) in [6, 6.07) is 0. The first-order valence-electron chi connectivity index (χ1n) is 12.0. The van der Waals surface area contributed by atoms with Crippen molar-refractivity contribution in [2.24, 2.45) is 47.3 Å². The third-order valence-corrected chi connectivity index (χ3v) is 10.5. The third-order valence-electron chi connectivity index (χ3n) is 9.67. The topological polar surface area (TPSA) is 0 Å². The van der Waals surface area contributed by atoms with Gasteiger partial charge in [-0.2, -0.15) is 0 Å². The maximum Gasteiger partial charge on any atom is 0.0148 e. The van der Waals surface area contributed by atoms with E-state index >= 15 is 0 Å². The molecule has 0 amide bonds. The van der Waals surface area contributed by atoms with Crippen molar-refractivity contribution in [1.29, 1.82) is 0 Å². The number of rotatable bonds is 1. The van der Waals surface area contributed by atoms with Crippen LogP contribution in [0.15, 0.2) is 0 Å². The Morgan fingerprint density at radius 2 is 1.12 bits per heavy atom. The zero-order chi connectivity index (χ0) is 16.8. The van der Waals surface area contributed by atoms with E-state index in [0.29, 0.717) is 0 Å². The standard InChI is InChI=1S/C24H39Br/c25-19-8-5-7-17(14-19)23-15-18-13-12-16-6-1-2-9-20(16)24(18)22-11-4-3-10-21(22)23/h16-24H,1-15H2. The van der Waals surface area contributed by atoms with E-state index in [9.17, 15) is 0 Å². The van der Waals surface area contributed by atoms with Gasteiger partial charge in [-0.25, -0.2) is 0 Å². The van der Waals surface area contributed by atoms with Gasteiger partial charge in [-0.05, 0) is 98.7 Å². The number of halogens is 1. The summed E-state index contributed by atoms with van der Waals surface area (Å²) >= 11 is 4.00. The number of hydrogen-bond acceptors (Lipinski definition) is 0. The molecule has 5 aliphatic carbocycles. The number of hydrogen-bond donors (Lipinski definition) is 0.